The Balaban J connectivity index is 1.39. The number of hydrogen-bond acceptors (Lipinski definition) is 5. The highest BCUT2D eigenvalue weighted by molar-refractivity contribution is 5.94. The van der Waals surface area contributed by atoms with E-state index >= 15 is 0 Å². The van der Waals surface area contributed by atoms with Crippen molar-refractivity contribution in [2.45, 2.75) is 25.3 Å². The van der Waals surface area contributed by atoms with E-state index in [1.807, 2.05) is 30.3 Å². The molecule has 0 spiro atoms. The minimum absolute atomic E-state index is 0.251. The van der Waals surface area contributed by atoms with Crippen LogP contribution in [-0.2, 0) is 4.74 Å². The van der Waals surface area contributed by atoms with Crippen molar-refractivity contribution in [1.29, 1.82) is 0 Å². The summed E-state index contributed by atoms with van der Waals surface area (Å²) < 4.78 is 5.24. The van der Waals surface area contributed by atoms with Crippen molar-refractivity contribution < 1.29 is 9.53 Å². The highest BCUT2D eigenvalue weighted by Crippen LogP contribution is 2.28. The summed E-state index contributed by atoms with van der Waals surface area (Å²) in [6.07, 6.45) is 5.61. The Morgan fingerprint density at radius 3 is 2.86 bits per heavy atom. The average molecular weight is 394 g/mol. The molecule has 8 heteroatoms. The summed E-state index contributed by atoms with van der Waals surface area (Å²) >= 11 is 0. The molecular weight excluding hydrogens is 368 g/mol. The first kappa shape index (κ1) is 19.2. The van der Waals surface area contributed by atoms with Crippen LogP contribution in [0.3, 0.4) is 0 Å². The number of benzene rings is 1. The molecule has 4 N–H and O–H groups in total. The van der Waals surface area contributed by atoms with E-state index in [9.17, 15) is 4.79 Å². The number of carbonyl (C=O) groups excluding carboxylic acids is 1. The summed E-state index contributed by atoms with van der Waals surface area (Å²) in [6.45, 7) is 1.31. The molecule has 1 unspecified atom stereocenters. The van der Waals surface area contributed by atoms with Gasteiger partial charge in [-0.05, 0) is 24.3 Å². The Bertz CT molecular complexity index is 954. The summed E-state index contributed by atoms with van der Waals surface area (Å²) in [6, 6.07) is 10.9. The SMILES string of the molecule is COCC(NC(=O)Nc1cc2[nH]nc(NCC3CCC3)c2cn1)c1ccccc1. The molecule has 1 aliphatic rings. The first-order valence-electron chi connectivity index (χ1n) is 9.92. The number of urea groups is 1. The largest absolute Gasteiger partial charge is 0.382 e. The lowest BCUT2D eigenvalue weighted by Crippen LogP contribution is -2.35. The molecule has 1 atom stereocenters. The number of nitrogens with one attached hydrogen (secondary N) is 4. The molecule has 0 radical (unpaired) electrons. The van der Waals surface area contributed by atoms with Crippen LogP contribution in [0.5, 0.6) is 0 Å². The van der Waals surface area contributed by atoms with Crippen molar-refractivity contribution in [2.75, 3.05) is 30.9 Å². The van der Waals surface area contributed by atoms with Crippen LogP contribution < -0.4 is 16.0 Å². The summed E-state index contributed by atoms with van der Waals surface area (Å²) in [5.74, 6) is 2.00. The number of carbonyl (C=O) groups is 1. The highest BCUT2D eigenvalue weighted by atomic mass is 16.5. The summed E-state index contributed by atoms with van der Waals surface area (Å²) in [4.78, 5) is 16.8. The molecule has 152 valence electrons. The smallest absolute Gasteiger partial charge is 0.320 e. The Morgan fingerprint density at radius 2 is 2.14 bits per heavy atom. The van der Waals surface area contributed by atoms with Gasteiger partial charge in [-0.25, -0.2) is 9.78 Å². The van der Waals surface area contributed by atoms with Crippen molar-refractivity contribution >= 4 is 28.6 Å². The lowest BCUT2D eigenvalue weighted by molar-refractivity contribution is 0.168. The molecular formula is C21H26N6O2. The second-order valence-electron chi connectivity index (χ2n) is 7.38. The van der Waals surface area contributed by atoms with Crippen LogP contribution in [0.15, 0.2) is 42.6 Å². The number of aromatic amines is 1. The maximum Gasteiger partial charge on any atom is 0.320 e. The lowest BCUT2D eigenvalue weighted by Gasteiger charge is -2.25. The molecule has 29 heavy (non-hydrogen) atoms. The Morgan fingerprint density at radius 1 is 1.31 bits per heavy atom. The molecule has 1 fully saturated rings. The van der Waals surface area contributed by atoms with Crippen LogP contribution >= 0.6 is 0 Å². The third-order valence-electron chi connectivity index (χ3n) is 5.31. The number of methoxy groups -OCH3 is 1. The Labute approximate surface area is 169 Å². The van der Waals surface area contributed by atoms with Crippen LogP contribution in [0.1, 0.15) is 30.9 Å². The van der Waals surface area contributed by atoms with E-state index in [0.29, 0.717) is 12.4 Å². The first-order valence-corrected chi connectivity index (χ1v) is 9.92. The third-order valence-corrected chi connectivity index (χ3v) is 5.31. The topological polar surface area (TPSA) is 104 Å². The molecule has 3 aromatic rings. The number of anilines is 2. The minimum Gasteiger partial charge on any atom is -0.382 e. The number of rotatable bonds is 8. The van der Waals surface area contributed by atoms with Gasteiger partial charge in [0.2, 0.25) is 0 Å². The Hall–Kier alpha value is -3.13. The van der Waals surface area contributed by atoms with E-state index in [-0.39, 0.29) is 12.1 Å². The van der Waals surface area contributed by atoms with Gasteiger partial charge in [0.15, 0.2) is 5.82 Å². The zero-order valence-corrected chi connectivity index (χ0v) is 16.4. The van der Waals surface area contributed by atoms with Gasteiger partial charge < -0.3 is 15.4 Å². The molecule has 1 saturated carbocycles. The lowest BCUT2D eigenvalue weighted by atomic mass is 9.85. The molecule has 8 nitrogen and oxygen atoms in total. The van der Waals surface area contributed by atoms with E-state index in [1.54, 1.807) is 19.4 Å². The van der Waals surface area contributed by atoms with Gasteiger partial charge in [-0.1, -0.05) is 36.8 Å². The maximum atomic E-state index is 12.5. The van der Waals surface area contributed by atoms with Gasteiger partial charge in [0, 0.05) is 25.9 Å². The van der Waals surface area contributed by atoms with Crippen LogP contribution in [0.4, 0.5) is 16.4 Å². The molecule has 2 amide bonds. The van der Waals surface area contributed by atoms with Crippen molar-refractivity contribution in [3.05, 3.63) is 48.2 Å². The van der Waals surface area contributed by atoms with Crippen LogP contribution in [0.25, 0.3) is 10.9 Å². The number of H-pyrrole nitrogens is 1. The predicted molar refractivity (Wildman–Crippen MR) is 113 cm³/mol. The molecule has 0 aliphatic heterocycles. The number of amides is 2. The Kier molecular flexibility index (Phi) is 5.90. The second kappa shape index (κ2) is 8.91. The zero-order valence-electron chi connectivity index (χ0n) is 16.4. The number of aromatic nitrogens is 3. The zero-order chi connectivity index (χ0) is 20.1. The van der Waals surface area contributed by atoms with Crippen LogP contribution in [-0.4, -0.2) is 41.5 Å². The second-order valence-corrected chi connectivity index (χ2v) is 7.38. The van der Waals surface area contributed by atoms with Crippen molar-refractivity contribution in [2.24, 2.45) is 5.92 Å². The number of ether oxygens (including phenoxy) is 1. The first-order chi connectivity index (χ1) is 14.2. The van der Waals surface area contributed by atoms with E-state index in [2.05, 4.69) is 31.1 Å². The minimum atomic E-state index is -0.342. The summed E-state index contributed by atoms with van der Waals surface area (Å²) in [5.41, 5.74) is 1.80. The average Bonchev–Trinajstić information content (AvgIpc) is 3.09. The van der Waals surface area contributed by atoms with Crippen LogP contribution in [0.2, 0.25) is 0 Å². The molecule has 2 heterocycles. The molecule has 0 saturated heterocycles. The van der Waals surface area contributed by atoms with Gasteiger partial charge in [-0.2, -0.15) is 5.10 Å². The third kappa shape index (κ3) is 4.65. The molecule has 1 aliphatic carbocycles. The molecule has 1 aromatic carbocycles. The van der Waals surface area contributed by atoms with Gasteiger partial charge in [0.25, 0.3) is 0 Å². The highest BCUT2D eigenvalue weighted by Gasteiger charge is 2.18. The molecule has 2 aromatic heterocycles. The van der Waals surface area contributed by atoms with Crippen molar-refractivity contribution in [3.63, 3.8) is 0 Å². The normalized spacial score (nSPS) is 14.9. The monoisotopic (exact) mass is 394 g/mol. The molecule has 0 bridgehead atoms. The molecule has 4 rings (SSSR count). The fourth-order valence-corrected chi connectivity index (χ4v) is 3.44. The van der Waals surface area contributed by atoms with E-state index in [4.69, 9.17) is 4.74 Å². The van der Waals surface area contributed by atoms with Crippen molar-refractivity contribution in [1.82, 2.24) is 20.5 Å². The standard InChI is InChI=1S/C21H26N6O2/c1-29-13-18(15-8-3-2-4-9-15)24-21(28)25-19-10-17-16(12-22-19)20(27-26-17)23-11-14-6-5-7-14/h2-4,8-10,12,14,18H,5-7,11,13H2,1H3,(H2,23,26,27)(H2,22,24,25,28). The van der Waals surface area contributed by atoms with Crippen molar-refractivity contribution in [3.8, 4) is 0 Å². The quantitative estimate of drug-likeness (QED) is 0.467. The van der Waals surface area contributed by atoms with Gasteiger partial charge in [0.05, 0.1) is 23.6 Å². The predicted octanol–water partition coefficient (Wildman–Crippen LogP) is 3.68. The maximum absolute atomic E-state index is 12.5. The van der Waals surface area contributed by atoms with Gasteiger partial charge >= 0.3 is 6.03 Å². The number of pyridine rings is 1. The van der Waals surface area contributed by atoms with E-state index in [1.165, 1.54) is 19.3 Å². The number of hydrogen-bond donors (Lipinski definition) is 4. The van der Waals surface area contributed by atoms with Crippen LogP contribution in [0, 0.1) is 5.92 Å². The fourth-order valence-electron chi connectivity index (χ4n) is 3.44. The summed E-state index contributed by atoms with van der Waals surface area (Å²) in [5, 5.41) is 17.4. The number of nitrogens with zero attached hydrogens (tertiary/aromatic N) is 2. The number of fused-ring (bicyclic) bond motifs is 1. The van der Waals surface area contributed by atoms with E-state index < -0.39 is 0 Å². The van der Waals surface area contributed by atoms with Gasteiger partial charge in [-0.15, -0.1) is 0 Å². The van der Waals surface area contributed by atoms with Gasteiger partial charge in [0.1, 0.15) is 5.82 Å². The van der Waals surface area contributed by atoms with E-state index in [0.717, 1.165) is 34.7 Å². The van der Waals surface area contributed by atoms with Gasteiger partial charge in [-0.3, -0.25) is 10.4 Å². The fraction of sp³-hybridized carbons (Fsp3) is 0.381. The summed E-state index contributed by atoms with van der Waals surface area (Å²) in [7, 11) is 1.61.